The second-order valence-corrected chi connectivity index (χ2v) is 7.94. The van der Waals surface area contributed by atoms with Gasteiger partial charge in [0.2, 0.25) is 0 Å². The van der Waals surface area contributed by atoms with Crippen molar-refractivity contribution < 1.29 is 9.53 Å². The lowest BCUT2D eigenvalue weighted by atomic mass is 10.1. The van der Waals surface area contributed by atoms with Gasteiger partial charge in [-0.1, -0.05) is 41.1 Å². The number of aromatic nitrogens is 1. The van der Waals surface area contributed by atoms with Gasteiger partial charge in [-0.05, 0) is 50.4 Å². The molecule has 0 aliphatic rings. The zero-order valence-corrected chi connectivity index (χ0v) is 17.1. The highest BCUT2D eigenvalue weighted by Crippen LogP contribution is 2.40. The van der Waals surface area contributed by atoms with Gasteiger partial charge in [-0.15, -0.1) is 11.8 Å². The Labute approximate surface area is 166 Å². The fourth-order valence-electron chi connectivity index (χ4n) is 2.55. The Morgan fingerprint density at radius 1 is 1.19 bits per heavy atom. The molecule has 0 N–H and O–H groups in total. The van der Waals surface area contributed by atoms with Gasteiger partial charge >= 0.3 is 5.97 Å². The van der Waals surface area contributed by atoms with Gasteiger partial charge in [0, 0.05) is 20.2 Å². The number of carbonyl (C=O) groups is 1. The van der Waals surface area contributed by atoms with Crippen molar-refractivity contribution in [3.8, 4) is 0 Å². The summed E-state index contributed by atoms with van der Waals surface area (Å²) in [5, 5.41) is 2.12. The molecule has 6 heteroatoms. The third-order valence-corrected chi connectivity index (χ3v) is 5.83. The summed E-state index contributed by atoms with van der Waals surface area (Å²) >= 11 is 9.19. The number of nitrogens with zero attached hydrogens (tertiary/aromatic N) is 1. The zero-order valence-electron chi connectivity index (χ0n) is 14.7. The molecule has 0 saturated heterocycles. The lowest BCUT2D eigenvalue weighted by Gasteiger charge is -2.15. The lowest BCUT2D eigenvalue weighted by Crippen LogP contribution is -2.09. The van der Waals surface area contributed by atoms with Gasteiger partial charge in [-0.25, -0.2) is 9.78 Å². The number of hydrogen-bond acceptors (Lipinski definition) is 5. The number of aryl methyl sites for hydroxylation is 1. The molecule has 3 nitrogen and oxygen atoms in total. The van der Waals surface area contributed by atoms with Gasteiger partial charge in [0.05, 0.1) is 12.1 Å². The van der Waals surface area contributed by atoms with Gasteiger partial charge in [0.15, 0.2) is 0 Å². The Morgan fingerprint density at radius 2 is 1.92 bits per heavy atom. The van der Waals surface area contributed by atoms with Gasteiger partial charge in [-0.2, -0.15) is 0 Å². The molecule has 0 saturated carbocycles. The molecule has 0 amide bonds. The maximum absolute atomic E-state index is 12.7. The minimum Gasteiger partial charge on any atom is -0.462 e. The SMILES string of the molecule is CCOC(=O)c1c(SC)nc2ccc(Cl)cc2c1Sc1ccc(C)cc1. The van der Waals surface area contributed by atoms with Crippen LogP contribution in [-0.4, -0.2) is 23.8 Å². The van der Waals surface area contributed by atoms with E-state index < -0.39 is 0 Å². The van der Waals surface area contributed by atoms with Crippen LogP contribution in [0, 0.1) is 6.92 Å². The lowest BCUT2D eigenvalue weighted by molar-refractivity contribution is 0.0517. The van der Waals surface area contributed by atoms with Gasteiger partial charge in [0.25, 0.3) is 0 Å². The van der Waals surface area contributed by atoms with Crippen molar-refractivity contribution in [2.24, 2.45) is 0 Å². The number of carbonyl (C=O) groups excluding carboxylic acids is 1. The summed E-state index contributed by atoms with van der Waals surface area (Å²) < 4.78 is 5.31. The summed E-state index contributed by atoms with van der Waals surface area (Å²) in [6.07, 6.45) is 1.91. The molecule has 0 aliphatic heterocycles. The van der Waals surface area contributed by atoms with E-state index in [4.69, 9.17) is 16.3 Å². The average molecular weight is 404 g/mol. The monoisotopic (exact) mass is 403 g/mol. The molecule has 0 aliphatic carbocycles. The van der Waals surface area contributed by atoms with E-state index in [1.165, 1.54) is 29.1 Å². The molecule has 1 aromatic heterocycles. The molecule has 2 aromatic carbocycles. The van der Waals surface area contributed by atoms with E-state index in [9.17, 15) is 4.79 Å². The van der Waals surface area contributed by atoms with Crippen LogP contribution in [0.15, 0.2) is 57.3 Å². The third kappa shape index (κ3) is 4.00. The topological polar surface area (TPSA) is 39.2 Å². The molecule has 0 unspecified atom stereocenters. The summed E-state index contributed by atoms with van der Waals surface area (Å²) in [5.74, 6) is -0.360. The minimum atomic E-state index is -0.360. The normalized spacial score (nSPS) is 10.9. The number of rotatable bonds is 5. The second-order valence-electron chi connectivity index (χ2n) is 5.62. The van der Waals surface area contributed by atoms with Crippen molar-refractivity contribution in [1.29, 1.82) is 0 Å². The van der Waals surface area contributed by atoms with Crippen LogP contribution in [0.5, 0.6) is 0 Å². The first-order valence-electron chi connectivity index (χ1n) is 8.12. The number of esters is 1. The van der Waals surface area contributed by atoms with Crippen molar-refractivity contribution in [3.63, 3.8) is 0 Å². The van der Waals surface area contributed by atoms with Crippen molar-refractivity contribution >= 4 is 52.0 Å². The number of fused-ring (bicyclic) bond motifs is 1. The maximum atomic E-state index is 12.7. The number of thioether (sulfide) groups is 1. The summed E-state index contributed by atoms with van der Waals surface area (Å²) in [7, 11) is 0. The summed E-state index contributed by atoms with van der Waals surface area (Å²) in [6, 6.07) is 13.7. The first kappa shape index (κ1) is 19.1. The average Bonchev–Trinajstić information content (AvgIpc) is 2.63. The van der Waals surface area contributed by atoms with E-state index in [0.717, 1.165) is 20.7 Å². The van der Waals surface area contributed by atoms with Crippen LogP contribution in [-0.2, 0) is 4.74 Å². The highest BCUT2D eigenvalue weighted by atomic mass is 35.5. The van der Waals surface area contributed by atoms with Crippen LogP contribution < -0.4 is 0 Å². The molecule has 0 radical (unpaired) electrons. The summed E-state index contributed by atoms with van der Waals surface area (Å²) in [6.45, 7) is 4.16. The second kappa shape index (κ2) is 8.33. The summed E-state index contributed by atoms with van der Waals surface area (Å²) in [4.78, 5) is 19.2. The molecule has 1 heterocycles. The number of hydrogen-bond donors (Lipinski definition) is 0. The Bertz CT molecular complexity index is 958. The largest absolute Gasteiger partial charge is 0.462 e. The zero-order chi connectivity index (χ0) is 18.7. The predicted molar refractivity (Wildman–Crippen MR) is 110 cm³/mol. The van der Waals surface area contributed by atoms with Crippen molar-refractivity contribution in [2.75, 3.05) is 12.9 Å². The van der Waals surface area contributed by atoms with Crippen LogP contribution in [0.4, 0.5) is 0 Å². The molecule has 0 fully saturated rings. The minimum absolute atomic E-state index is 0.314. The van der Waals surface area contributed by atoms with Crippen LogP contribution in [0.2, 0.25) is 5.02 Å². The molecule has 26 heavy (non-hydrogen) atoms. The smallest absolute Gasteiger partial charge is 0.342 e. The van der Waals surface area contributed by atoms with Crippen LogP contribution in [0.1, 0.15) is 22.8 Å². The fourth-order valence-corrected chi connectivity index (χ4v) is 4.43. The van der Waals surface area contributed by atoms with E-state index >= 15 is 0 Å². The summed E-state index contributed by atoms with van der Waals surface area (Å²) in [5.41, 5.74) is 2.49. The van der Waals surface area contributed by atoms with Gasteiger partial charge in [-0.3, -0.25) is 0 Å². The first-order valence-corrected chi connectivity index (χ1v) is 10.5. The van der Waals surface area contributed by atoms with Crippen molar-refractivity contribution in [3.05, 3.63) is 58.6 Å². The third-order valence-electron chi connectivity index (χ3n) is 3.78. The molecule has 3 rings (SSSR count). The quantitative estimate of drug-likeness (QED) is 0.372. The van der Waals surface area contributed by atoms with E-state index in [0.29, 0.717) is 22.2 Å². The van der Waals surface area contributed by atoms with E-state index in [-0.39, 0.29) is 5.97 Å². The number of halogens is 1. The fraction of sp³-hybridized carbons (Fsp3) is 0.200. The molecule has 134 valence electrons. The van der Waals surface area contributed by atoms with Gasteiger partial charge < -0.3 is 4.74 Å². The molecule has 0 bridgehead atoms. The molecule has 0 atom stereocenters. The Balaban J connectivity index is 2.26. The van der Waals surface area contributed by atoms with Crippen LogP contribution >= 0.6 is 35.1 Å². The molecule has 0 spiro atoms. The molecular formula is C20H18ClNO2S2. The van der Waals surface area contributed by atoms with Crippen LogP contribution in [0.3, 0.4) is 0 Å². The number of benzene rings is 2. The van der Waals surface area contributed by atoms with Crippen molar-refractivity contribution in [1.82, 2.24) is 4.98 Å². The highest BCUT2D eigenvalue weighted by Gasteiger charge is 2.23. The Kier molecular flexibility index (Phi) is 6.12. The van der Waals surface area contributed by atoms with Gasteiger partial charge in [0.1, 0.15) is 10.6 Å². The van der Waals surface area contributed by atoms with Crippen LogP contribution in [0.25, 0.3) is 10.9 Å². The maximum Gasteiger partial charge on any atom is 0.342 e. The van der Waals surface area contributed by atoms with Crippen molar-refractivity contribution in [2.45, 2.75) is 28.7 Å². The standard InChI is InChI=1S/C20H18ClNO2S2/c1-4-24-20(23)17-18(26-14-8-5-12(2)6-9-14)15-11-13(21)7-10-16(15)22-19(17)25-3/h5-11H,4H2,1-3H3. The first-order chi connectivity index (χ1) is 12.5. The number of pyridine rings is 1. The van der Waals surface area contributed by atoms with E-state index in [1.54, 1.807) is 6.92 Å². The predicted octanol–water partition coefficient (Wildman–Crippen LogP) is 6.25. The van der Waals surface area contributed by atoms with E-state index in [1.807, 2.05) is 43.5 Å². The highest BCUT2D eigenvalue weighted by molar-refractivity contribution is 8.00. The molecular weight excluding hydrogens is 386 g/mol. The Morgan fingerprint density at radius 3 is 2.58 bits per heavy atom. The Hall–Kier alpha value is -1.69. The molecule has 3 aromatic rings. The van der Waals surface area contributed by atoms with E-state index in [2.05, 4.69) is 17.1 Å². The number of ether oxygens (including phenoxy) is 1.